The summed E-state index contributed by atoms with van der Waals surface area (Å²) in [6.45, 7) is 2.58. The highest BCUT2D eigenvalue weighted by Crippen LogP contribution is 2.28. The second-order valence-corrected chi connectivity index (χ2v) is 7.43. The number of amides is 1. The molecule has 1 N–H and O–H groups in total. The summed E-state index contributed by atoms with van der Waals surface area (Å²) in [4.78, 5) is 12.7. The Labute approximate surface area is 191 Å². The molecule has 1 atom stereocenters. The van der Waals surface area contributed by atoms with Gasteiger partial charge in [-0.1, -0.05) is 30.0 Å². The van der Waals surface area contributed by atoms with Crippen molar-refractivity contribution in [3.8, 4) is 35.7 Å². The van der Waals surface area contributed by atoms with Crippen LogP contribution in [0.25, 0.3) is 0 Å². The smallest absolute Gasteiger partial charge is 0.253 e. The minimum absolute atomic E-state index is 0.0607. The first kappa shape index (κ1) is 23.6. The molecule has 2 aromatic carbocycles. The molecule has 0 saturated carbocycles. The Kier molecular flexibility index (Phi) is 10.1. The van der Waals surface area contributed by atoms with Crippen LogP contribution in [0.3, 0.4) is 0 Å². The molecule has 0 bridgehead atoms. The van der Waals surface area contributed by atoms with Crippen LogP contribution < -0.4 is 14.8 Å². The van der Waals surface area contributed by atoms with Gasteiger partial charge >= 0.3 is 0 Å². The van der Waals surface area contributed by atoms with Gasteiger partial charge in [0.15, 0.2) is 17.6 Å². The van der Waals surface area contributed by atoms with Crippen LogP contribution in [-0.4, -0.2) is 32.8 Å². The molecule has 0 aromatic heterocycles. The topological polar surface area (TPSA) is 56.8 Å². The maximum absolute atomic E-state index is 12.7. The number of carbonyl (C=O) groups is 1. The predicted molar refractivity (Wildman–Crippen MR) is 125 cm³/mol. The molecule has 30 heavy (non-hydrogen) atoms. The van der Waals surface area contributed by atoms with Gasteiger partial charge in [-0.15, -0.1) is 12.3 Å². The largest absolute Gasteiger partial charge is 0.493 e. The minimum atomic E-state index is -0.747. The third kappa shape index (κ3) is 7.29. The average molecular weight is 517 g/mol. The Morgan fingerprint density at radius 1 is 1.17 bits per heavy atom. The second kappa shape index (κ2) is 12.8. The molecule has 2 rings (SSSR count). The van der Waals surface area contributed by atoms with Crippen LogP contribution in [0, 0.1) is 27.8 Å². The van der Waals surface area contributed by atoms with Gasteiger partial charge in [0.1, 0.15) is 13.2 Å². The van der Waals surface area contributed by atoms with Gasteiger partial charge in [-0.3, -0.25) is 4.79 Å². The van der Waals surface area contributed by atoms with Crippen molar-refractivity contribution in [1.82, 2.24) is 5.32 Å². The summed E-state index contributed by atoms with van der Waals surface area (Å²) in [5.41, 5.74) is 1.78. The van der Waals surface area contributed by atoms with Gasteiger partial charge in [0.25, 0.3) is 5.91 Å². The van der Waals surface area contributed by atoms with Crippen molar-refractivity contribution < 1.29 is 19.0 Å². The SMILES string of the molecule is C#CCOC(C(=O)NCCc1ccc(OCC#CC)c(OC)c1)c1ccc(I)cc1. The Bertz CT molecular complexity index is 938. The lowest BCUT2D eigenvalue weighted by atomic mass is 10.1. The molecule has 0 radical (unpaired) electrons. The van der Waals surface area contributed by atoms with Gasteiger partial charge in [-0.25, -0.2) is 0 Å². The summed E-state index contributed by atoms with van der Waals surface area (Å²) in [7, 11) is 1.59. The summed E-state index contributed by atoms with van der Waals surface area (Å²) in [5, 5.41) is 2.92. The first-order valence-electron chi connectivity index (χ1n) is 9.36. The van der Waals surface area contributed by atoms with Crippen LogP contribution in [0.2, 0.25) is 0 Å². The Morgan fingerprint density at radius 3 is 2.60 bits per heavy atom. The highest BCUT2D eigenvalue weighted by atomic mass is 127. The van der Waals surface area contributed by atoms with Crippen molar-refractivity contribution >= 4 is 28.5 Å². The number of terminal acetylenes is 1. The maximum atomic E-state index is 12.7. The van der Waals surface area contributed by atoms with Crippen molar-refractivity contribution in [3.63, 3.8) is 0 Å². The Morgan fingerprint density at radius 2 is 1.93 bits per heavy atom. The predicted octanol–water partition coefficient (Wildman–Crippen LogP) is 3.75. The van der Waals surface area contributed by atoms with Gasteiger partial charge in [0.2, 0.25) is 0 Å². The van der Waals surface area contributed by atoms with E-state index in [4.69, 9.17) is 20.6 Å². The molecule has 2 aromatic rings. The fourth-order valence-corrected chi connectivity index (χ4v) is 3.05. The van der Waals surface area contributed by atoms with Gasteiger partial charge in [-0.2, -0.15) is 0 Å². The maximum Gasteiger partial charge on any atom is 0.253 e. The third-order valence-corrected chi connectivity index (χ3v) is 4.88. The molecule has 156 valence electrons. The number of methoxy groups -OCH3 is 1. The van der Waals surface area contributed by atoms with Crippen LogP contribution in [0.1, 0.15) is 24.2 Å². The fourth-order valence-electron chi connectivity index (χ4n) is 2.69. The third-order valence-electron chi connectivity index (χ3n) is 4.16. The zero-order valence-corrected chi connectivity index (χ0v) is 19.2. The lowest BCUT2D eigenvalue weighted by molar-refractivity contribution is -0.132. The molecular formula is C24H24INO4. The molecule has 0 spiro atoms. The van der Waals surface area contributed by atoms with Crippen LogP contribution in [-0.2, 0) is 16.0 Å². The summed E-state index contributed by atoms with van der Waals surface area (Å²) in [6, 6.07) is 13.3. The zero-order valence-electron chi connectivity index (χ0n) is 17.0. The number of hydrogen-bond acceptors (Lipinski definition) is 4. The van der Waals surface area contributed by atoms with E-state index >= 15 is 0 Å². The van der Waals surface area contributed by atoms with Crippen molar-refractivity contribution in [3.05, 3.63) is 57.2 Å². The first-order chi connectivity index (χ1) is 14.6. The Balaban J connectivity index is 1.97. The van der Waals surface area contributed by atoms with Crippen LogP contribution in [0.15, 0.2) is 42.5 Å². The van der Waals surface area contributed by atoms with Gasteiger partial charge in [0.05, 0.1) is 7.11 Å². The molecule has 0 aliphatic carbocycles. The fraction of sp³-hybridized carbons (Fsp3) is 0.292. The lowest BCUT2D eigenvalue weighted by Gasteiger charge is -2.17. The molecule has 0 fully saturated rings. The number of ether oxygens (including phenoxy) is 3. The van der Waals surface area contributed by atoms with E-state index in [-0.39, 0.29) is 12.5 Å². The number of halogens is 1. The normalized spacial score (nSPS) is 10.9. The number of benzene rings is 2. The van der Waals surface area contributed by atoms with E-state index in [0.717, 1.165) is 14.7 Å². The first-order valence-corrected chi connectivity index (χ1v) is 10.4. The number of rotatable bonds is 10. The van der Waals surface area contributed by atoms with E-state index in [9.17, 15) is 4.79 Å². The average Bonchev–Trinajstić information content (AvgIpc) is 2.76. The molecule has 1 unspecified atom stereocenters. The van der Waals surface area contributed by atoms with E-state index in [1.807, 2.05) is 42.5 Å². The molecule has 0 aliphatic heterocycles. The van der Waals surface area contributed by atoms with Gasteiger partial charge in [0, 0.05) is 10.1 Å². The number of nitrogens with one attached hydrogen (secondary N) is 1. The molecule has 5 nitrogen and oxygen atoms in total. The highest BCUT2D eigenvalue weighted by molar-refractivity contribution is 14.1. The lowest BCUT2D eigenvalue weighted by Crippen LogP contribution is -2.32. The molecule has 0 heterocycles. The van der Waals surface area contributed by atoms with Crippen molar-refractivity contribution in [1.29, 1.82) is 0 Å². The van der Waals surface area contributed by atoms with E-state index in [1.165, 1.54) is 0 Å². The molecule has 0 aliphatic rings. The van der Waals surface area contributed by atoms with Crippen LogP contribution in [0.4, 0.5) is 0 Å². The monoisotopic (exact) mass is 517 g/mol. The molecule has 1 amide bonds. The van der Waals surface area contributed by atoms with Crippen molar-refractivity contribution in [2.45, 2.75) is 19.4 Å². The summed E-state index contributed by atoms with van der Waals surface area (Å²) < 4.78 is 17.6. The van der Waals surface area contributed by atoms with E-state index in [1.54, 1.807) is 14.0 Å². The zero-order chi connectivity index (χ0) is 21.8. The summed E-state index contributed by atoms with van der Waals surface area (Å²) in [6.07, 6.45) is 5.18. The van der Waals surface area contributed by atoms with Crippen molar-refractivity contribution in [2.75, 3.05) is 26.9 Å². The highest BCUT2D eigenvalue weighted by Gasteiger charge is 2.20. The van der Waals surface area contributed by atoms with E-state index in [0.29, 0.717) is 31.1 Å². The summed E-state index contributed by atoms with van der Waals surface area (Å²) in [5.74, 6) is 9.09. The van der Waals surface area contributed by atoms with Crippen molar-refractivity contribution in [2.24, 2.45) is 0 Å². The van der Waals surface area contributed by atoms with E-state index < -0.39 is 6.10 Å². The van der Waals surface area contributed by atoms with Crippen LogP contribution >= 0.6 is 22.6 Å². The van der Waals surface area contributed by atoms with Gasteiger partial charge in [-0.05, 0) is 71.3 Å². The number of hydrogen-bond donors (Lipinski definition) is 1. The second-order valence-electron chi connectivity index (χ2n) is 6.19. The summed E-state index contributed by atoms with van der Waals surface area (Å²) >= 11 is 2.21. The molecular weight excluding hydrogens is 493 g/mol. The quantitative estimate of drug-likeness (QED) is 0.386. The van der Waals surface area contributed by atoms with Gasteiger partial charge < -0.3 is 19.5 Å². The minimum Gasteiger partial charge on any atom is -0.493 e. The molecule has 6 heteroatoms. The standard InChI is InChI=1S/C24H24INO4/c1-4-6-16-29-21-12-7-18(17-22(21)28-3)13-14-26-24(27)23(30-15-5-2)19-8-10-20(25)11-9-19/h2,7-12,17,23H,13-16H2,1,3H3,(H,26,27). The Hall–Kier alpha value is -2.68. The molecule has 0 saturated heterocycles. The number of carbonyl (C=O) groups excluding carboxylic acids is 1. The van der Waals surface area contributed by atoms with Crippen LogP contribution in [0.5, 0.6) is 11.5 Å². The van der Waals surface area contributed by atoms with E-state index in [2.05, 4.69) is 45.7 Å².